The molecule has 2 aliphatic heterocycles. The zero-order chi connectivity index (χ0) is 20.2. The van der Waals surface area contributed by atoms with E-state index in [1.165, 1.54) is 0 Å². The molecule has 4 heterocycles. The van der Waals surface area contributed by atoms with Crippen LogP contribution < -0.4 is 9.80 Å². The first-order valence-electron chi connectivity index (χ1n) is 9.89. The summed E-state index contributed by atoms with van der Waals surface area (Å²) in [5, 5.41) is 0. The molecule has 0 atom stereocenters. The zero-order valence-electron chi connectivity index (χ0n) is 16.6. The minimum absolute atomic E-state index is 0.0916. The second kappa shape index (κ2) is 8.42. The van der Waals surface area contributed by atoms with Crippen molar-refractivity contribution in [2.24, 2.45) is 0 Å². The molecule has 0 spiro atoms. The molecule has 0 aliphatic carbocycles. The number of carbonyl (C=O) groups excluding carboxylic acids is 2. The molecule has 0 N–H and O–H groups in total. The summed E-state index contributed by atoms with van der Waals surface area (Å²) in [6, 6.07) is 5.85. The summed E-state index contributed by atoms with van der Waals surface area (Å²) in [5.41, 5.74) is 0.363. The lowest BCUT2D eigenvalue weighted by atomic mass is 10.2. The van der Waals surface area contributed by atoms with Gasteiger partial charge in [0, 0.05) is 65.5 Å². The van der Waals surface area contributed by atoms with Crippen molar-refractivity contribution in [2.45, 2.75) is 6.92 Å². The highest BCUT2D eigenvalue weighted by Crippen LogP contribution is 2.16. The van der Waals surface area contributed by atoms with Gasteiger partial charge in [0.25, 0.3) is 5.91 Å². The van der Waals surface area contributed by atoms with Crippen LogP contribution in [0.5, 0.6) is 0 Å². The third-order valence-electron chi connectivity index (χ3n) is 5.45. The average Bonchev–Trinajstić information content (AvgIpc) is 2.79. The molecule has 0 aromatic carbocycles. The summed E-state index contributed by atoms with van der Waals surface area (Å²) in [4.78, 5) is 45.3. The SMILES string of the molecule is CC(=O)N1CCN(c2cnc(C(=O)N3CCN(c4ccccn4)CC3)cn2)CC1. The highest BCUT2D eigenvalue weighted by atomic mass is 16.2. The van der Waals surface area contributed by atoms with E-state index in [-0.39, 0.29) is 11.8 Å². The van der Waals surface area contributed by atoms with Gasteiger partial charge >= 0.3 is 0 Å². The summed E-state index contributed by atoms with van der Waals surface area (Å²) in [6.07, 6.45) is 4.99. The third kappa shape index (κ3) is 4.28. The Bertz CT molecular complexity index is 843. The highest BCUT2D eigenvalue weighted by molar-refractivity contribution is 5.92. The number of piperazine rings is 2. The summed E-state index contributed by atoms with van der Waals surface area (Å²) < 4.78 is 0. The van der Waals surface area contributed by atoms with Crippen LogP contribution in [0.15, 0.2) is 36.8 Å². The van der Waals surface area contributed by atoms with Crippen molar-refractivity contribution >= 4 is 23.5 Å². The monoisotopic (exact) mass is 395 g/mol. The van der Waals surface area contributed by atoms with Gasteiger partial charge in [0.1, 0.15) is 17.3 Å². The van der Waals surface area contributed by atoms with Gasteiger partial charge in [-0.15, -0.1) is 0 Å². The largest absolute Gasteiger partial charge is 0.353 e. The van der Waals surface area contributed by atoms with E-state index in [1.54, 1.807) is 25.5 Å². The van der Waals surface area contributed by atoms with Crippen molar-refractivity contribution in [3.63, 3.8) is 0 Å². The van der Waals surface area contributed by atoms with Gasteiger partial charge in [-0.05, 0) is 12.1 Å². The van der Waals surface area contributed by atoms with E-state index < -0.39 is 0 Å². The van der Waals surface area contributed by atoms with E-state index in [4.69, 9.17) is 0 Å². The maximum atomic E-state index is 12.8. The lowest BCUT2D eigenvalue weighted by Crippen LogP contribution is -2.49. The predicted octanol–water partition coefficient (Wildman–Crippen LogP) is 0.503. The molecule has 9 heteroatoms. The van der Waals surface area contributed by atoms with Crippen molar-refractivity contribution in [1.82, 2.24) is 24.8 Å². The van der Waals surface area contributed by atoms with Gasteiger partial charge in [-0.2, -0.15) is 0 Å². The van der Waals surface area contributed by atoms with Crippen LogP contribution in [0, 0.1) is 0 Å². The Kier molecular flexibility index (Phi) is 5.55. The Labute approximate surface area is 170 Å². The van der Waals surface area contributed by atoms with Crippen LogP contribution in [0.2, 0.25) is 0 Å². The first-order valence-corrected chi connectivity index (χ1v) is 9.89. The molecule has 0 saturated carbocycles. The third-order valence-corrected chi connectivity index (χ3v) is 5.45. The maximum Gasteiger partial charge on any atom is 0.274 e. The van der Waals surface area contributed by atoms with Crippen LogP contribution in [-0.4, -0.2) is 88.9 Å². The lowest BCUT2D eigenvalue weighted by Gasteiger charge is -2.35. The van der Waals surface area contributed by atoms with Crippen LogP contribution >= 0.6 is 0 Å². The van der Waals surface area contributed by atoms with Crippen LogP contribution in [-0.2, 0) is 4.79 Å². The second-order valence-corrected chi connectivity index (χ2v) is 7.22. The van der Waals surface area contributed by atoms with E-state index in [0.717, 1.165) is 37.8 Å². The number of aromatic nitrogens is 3. The number of anilines is 2. The Morgan fingerprint density at radius 2 is 1.41 bits per heavy atom. The quantitative estimate of drug-likeness (QED) is 0.748. The molecule has 2 amide bonds. The van der Waals surface area contributed by atoms with Crippen molar-refractivity contribution in [3.05, 3.63) is 42.5 Å². The smallest absolute Gasteiger partial charge is 0.274 e. The summed E-state index contributed by atoms with van der Waals surface area (Å²) in [7, 11) is 0. The Morgan fingerprint density at radius 3 is 1.97 bits per heavy atom. The molecular formula is C20H25N7O2. The normalized spacial score (nSPS) is 17.4. The van der Waals surface area contributed by atoms with Crippen molar-refractivity contribution < 1.29 is 9.59 Å². The van der Waals surface area contributed by atoms with Crippen LogP contribution in [0.25, 0.3) is 0 Å². The van der Waals surface area contributed by atoms with Gasteiger partial charge < -0.3 is 19.6 Å². The second-order valence-electron chi connectivity index (χ2n) is 7.22. The Balaban J connectivity index is 1.32. The molecule has 2 fully saturated rings. The molecule has 0 radical (unpaired) electrons. The fraction of sp³-hybridized carbons (Fsp3) is 0.450. The van der Waals surface area contributed by atoms with E-state index in [0.29, 0.717) is 31.9 Å². The summed E-state index contributed by atoms with van der Waals surface area (Å²) >= 11 is 0. The van der Waals surface area contributed by atoms with E-state index in [9.17, 15) is 9.59 Å². The first kappa shape index (κ1) is 19.1. The van der Waals surface area contributed by atoms with Crippen molar-refractivity contribution in [3.8, 4) is 0 Å². The standard InChI is InChI=1S/C20H25N7O2/c1-16(28)24-6-8-26(9-7-24)19-15-22-17(14-23-19)20(29)27-12-10-25(11-13-27)18-4-2-3-5-21-18/h2-5,14-15H,6-13H2,1H3. The van der Waals surface area contributed by atoms with Crippen molar-refractivity contribution in [1.29, 1.82) is 0 Å². The molecule has 9 nitrogen and oxygen atoms in total. The number of amides is 2. The number of rotatable bonds is 3. The van der Waals surface area contributed by atoms with Crippen LogP contribution in [0.3, 0.4) is 0 Å². The molecule has 2 aromatic heterocycles. The molecule has 2 aliphatic rings. The minimum Gasteiger partial charge on any atom is -0.353 e. The van der Waals surface area contributed by atoms with Gasteiger partial charge in [-0.25, -0.2) is 15.0 Å². The lowest BCUT2D eigenvalue weighted by molar-refractivity contribution is -0.129. The predicted molar refractivity (Wildman–Crippen MR) is 109 cm³/mol. The Morgan fingerprint density at radius 1 is 0.759 bits per heavy atom. The van der Waals surface area contributed by atoms with Gasteiger partial charge in [0.2, 0.25) is 5.91 Å². The molecule has 2 saturated heterocycles. The Hall–Kier alpha value is -3.23. The fourth-order valence-corrected chi connectivity index (χ4v) is 3.69. The van der Waals surface area contributed by atoms with Gasteiger partial charge in [0.05, 0.1) is 12.4 Å². The fourth-order valence-electron chi connectivity index (χ4n) is 3.69. The molecule has 0 bridgehead atoms. The summed E-state index contributed by atoms with van der Waals surface area (Å²) in [5.74, 6) is 1.68. The van der Waals surface area contributed by atoms with E-state index in [1.807, 2.05) is 28.0 Å². The molecule has 29 heavy (non-hydrogen) atoms. The maximum absolute atomic E-state index is 12.8. The average molecular weight is 395 g/mol. The topological polar surface area (TPSA) is 85.8 Å². The highest BCUT2D eigenvalue weighted by Gasteiger charge is 2.25. The zero-order valence-corrected chi connectivity index (χ0v) is 16.6. The number of pyridine rings is 1. The number of nitrogens with zero attached hydrogens (tertiary/aromatic N) is 7. The van der Waals surface area contributed by atoms with Gasteiger partial charge in [-0.1, -0.05) is 6.07 Å². The summed E-state index contributed by atoms with van der Waals surface area (Å²) in [6.45, 7) is 7.14. The van der Waals surface area contributed by atoms with Crippen LogP contribution in [0.1, 0.15) is 17.4 Å². The van der Waals surface area contributed by atoms with E-state index in [2.05, 4.69) is 24.8 Å². The minimum atomic E-state index is -0.0916. The molecule has 152 valence electrons. The van der Waals surface area contributed by atoms with Crippen LogP contribution in [0.4, 0.5) is 11.6 Å². The van der Waals surface area contributed by atoms with E-state index >= 15 is 0 Å². The van der Waals surface area contributed by atoms with Crippen molar-refractivity contribution in [2.75, 3.05) is 62.2 Å². The van der Waals surface area contributed by atoms with Gasteiger partial charge in [0.15, 0.2) is 0 Å². The number of carbonyl (C=O) groups is 2. The molecular weight excluding hydrogens is 370 g/mol. The molecule has 4 rings (SSSR count). The molecule has 2 aromatic rings. The molecule has 0 unspecified atom stereocenters. The number of hydrogen-bond donors (Lipinski definition) is 0. The number of hydrogen-bond acceptors (Lipinski definition) is 7. The first-order chi connectivity index (χ1) is 14.1. The van der Waals surface area contributed by atoms with Gasteiger partial charge in [-0.3, -0.25) is 9.59 Å².